The minimum atomic E-state index is -0.180. The van der Waals surface area contributed by atoms with E-state index in [0.29, 0.717) is 5.56 Å². The van der Waals surface area contributed by atoms with Gasteiger partial charge >= 0.3 is 0 Å². The largest absolute Gasteiger partial charge is 0.507 e. The zero-order valence-corrected chi connectivity index (χ0v) is 10.5. The molecule has 0 aliphatic rings. The summed E-state index contributed by atoms with van der Waals surface area (Å²) in [5.74, 6) is -0.137. The molecular weight excluding hydrogens is 293 g/mol. The molecule has 0 spiro atoms. The molecule has 1 aromatic rings. The van der Waals surface area contributed by atoms with Crippen molar-refractivity contribution in [2.24, 2.45) is 0 Å². The molecule has 0 aliphatic carbocycles. The SMILES string of the molecule is Cc1cc(O)c(C(=O)N(C)C)cc1I. The lowest BCUT2D eigenvalue weighted by molar-refractivity contribution is 0.0824. The summed E-state index contributed by atoms with van der Waals surface area (Å²) < 4.78 is 0.977. The average Bonchev–Trinajstić information content (AvgIpc) is 2.10. The van der Waals surface area contributed by atoms with Crippen LogP contribution in [0.25, 0.3) is 0 Å². The first kappa shape index (κ1) is 11.3. The molecule has 1 amide bonds. The van der Waals surface area contributed by atoms with E-state index >= 15 is 0 Å². The molecule has 0 saturated heterocycles. The number of hydrogen-bond acceptors (Lipinski definition) is 2. The Morgan fingerprint density at radius 1 is 1.43 bits per heavy atom. The maximum atomic E-state index is 11.6. The van der Waals surface area contributed by atoms with E-state index in [9.17, 15) is 9.90 Å². The Balaban J connectivity index is 3.22. The summed E-state index contributed by atoms with van der Waals surface area (Å²) in [6, 6.07) is 3.31. The van der Waals surface area contributed by atoms with Crippen LogP contribution in [0.3, 0.4) is 0 Å². The molecule has 0 saturated carbocycles. The van der Waals surface area contributed by atoms with Crippen molar-refractivity contribution in [2.75, 3.05) is 14.1 Å². The molecule has 0 atom stereocenters. The zero-order chi connectivity index (χ0) is 10.9. The third-order valence-corrected chi connectivity index (χ3v) is 3.08. The fraction of sp³-hybridized carbons (Fsp3) is 0.300. The monoisotopic (exact) mass is 305 g/mol. The number of phenols is 1. The molecule has 0 bridgehead atoms. The van der Waals surface area contributed by atoms with Crippen molar-refractivity contribution in [3.05, 3.63) is 26.8 Å². The fourth-order valence-electron chi connectivity index (χ4n) is 1.08. The number of halogens is 1. The Kier molecular flexibility index (Phi) is 3.36. The number of carbonyl (C=O) groups excluding carboxylic acids is 1. The van der Waals surface area contributed by atoms with Crippen LogP contribution in [0.1, 0.15) is 15.9 Å². The van der Waals surface area contributed by atoms with E-state index in [-0.39, 0.29) is 11.7 Å². The number of rotatable bonds is 1. The summed E-state index contributed by atoms with van der Waals surface area (Å²) in [7, 11) is 3.32. The smallest absolute Gasteiger partial charge is 0.257 e. The molecule has 0 radical (unpaired) electrons. The molecule has 1 rings (SSSR count). The van der Waals surface area contributed by atoms with Crippen LogP contribution in [-0.2, 0) is 0 Å². The Morgan fingerprint density at radius 3 is 2.50 bits per heavy atom. The molecule has 1 aromatic carbocycles. The zero-order valence-electron chi connectivity index (χ0n) is 8.34. The summed E-state index contributed by atoms with van der Waals surface area (Å²) in [6.07, 6.45) is 0. The van der Waals surface area contributed by atoms with Gasteiger partial charge in [0, 0.05) is 17.7 Å². The molecule has 0 aliphatic heterocycles. The van der Waals surface area contributed by atoms with Crippen molar-refractivity contribution in [3.63, 3.8) is 0 Å². The van der Waals surface area contributed by atoms with Gasteiger partial charge in [-0.05, 0) is 47.2 Å². The third kappa shape index (κ3) is 2.17. The quantitative estimate of drug-likeness (QED) is 0.806. The van der Waals surface area contributed by atoms with Gasteiger partial charge in [0.25, 0.3) is 5.91 Å². The highest BCUT2D eigenvalue weighted by Crippen LogP contribution is 2.24. The predicted octanol–water partition coefficient (Wildman–Crippen LogP) is 2.01. The summed E-state index contributed by atoms with van der Waals surface area (Å²) in [4.78, 5) is 13.0. The number of amides is 1. The second-order valence-electron chi connectivity index (χ2n) is 3.32. The van der Waals surface area contributed by atoms with Crippen LogP contribution in [0, 0.1) is 10.5 Å². The molecule has 3 nitrogen and oxygen atoms in total. The van der Waals surface area contributed by atoms with Gasteiger partial charge in [-0.2, -0.15) is 0 Å². The lowest BCUT2D eigenvalue weighted by Crippen LogP contribution is -2.21. The predicted molar refractivity (Wildman–Crippen MR) is 63.6 cm³/mol. The summed E-state index contributed by atoms with van der Waals surface area (Å²) in [5.41, 5.74) is 1.32. The van der Waals surface area contributed by atoms with E-state index in [1.54, 1.807) is 26.2 Å². The molecule has 0 heterocycles. The minimum absolute atomic E-state index is 0.0432. The van der Waals surface area contributed by atoms with Gasteiger partial charge < -0.3 is 10.0 Å². The fourth-order valence-corrected chi connectivity index (χ4v) is 1.55. The van der Waals surface area contributed by atoms with Gasteiger partial charge in [-0.1, -0.05) is 0 Å². The van der Waals surface area contributed by atoms with Crippen LogP contribution >= 0.6 is 22.6 Å². The molecular formula is C10H12INO2. The first-order chi connectivity index (χ1) is 6.43. The highest BCUT2D eigenvalue weighted by molar-refractivity contribution is 14.1. The van der Waals surface area contributed by atoms with Gasteiger partial charge in [0.05, 0.1) is 5.56 Å². The van der Waals surface area contributed by atoms with Crippen LogP contribution in [0.5, 0.6) is 5.75 Å². The molecule has 76 valence electrons. The number of benzene rings is 1. The first-order valence-corrected chi connectivity index (χ1v) is 5.22. The summed E-state index contributed by atoms with van der Waals surface area (Å²) in [5, 5.41) is 9.58. The Bertz CT molecular complexity index is 375. The van der Waals surface area contributed by atoms with E-state index in [0.717, 1.165) is 9.13 Å². The number of aromatic hydroxyl groups is 1. The van der Waals surface area contributed by atoms with Crippen molar-refractivity contribution in [3.8, 4) is 5.75 Å². The summed E-state index contributed by atoms with van der Waals surface area (Å²) in [6.45, 7) is 1.89. The average molecular weight is 305 g/mol. The standard InChI is InChI=1S/C10H12INO2/c1-6-4-9(13)7(5-8(6)11)10(14)12(2)3/h4-5,13H,1-3H3. The summed E-state index contributed by atoms with van der Waals surface area (Å²) >= 11 is 2.14. The number of phenolic OH excluding ortho intramolecular Hbond substituents is 1. The second-order valence-corrected chi connectivity index (χ2v) is 4.48. The van der Waals surface area contributed by atoms with E-state index < -0.39 is 0 Å². The highest BCUT2D eigenvalue weighted by Gasteiger charge is 2.14. The Hall–Kier alpha value is -0.780. The topological polar surface area (TPSA) is 40.5 Å². The van der Waals surface area contributed by atoms with Gasteiger partial charge in [-0.25, -0.2) is 0 Å². The molecule has 1 N–H and O–H groups in total. The highest BCUT2D eigenvalue weighted by atomic mass is 127. The van der Waals surface area contributed by atoms with Crippen molar-refractivity contribution < 1.29 is 9.90 Å². The lowest BCUT2D eigenvalue weighted by Gasteiger charge is -2.12. The molecule has 0 aromatic heterocycles. The van der Waals surface area contributed by atoms with Crippen LogP contribution in [0.4, 0.5) is 0 Å². The van der Waals surface area contributed by atoms with Gasteiger partial charge in [0.2, 0.25) is 0 Å². The number of carbonyl (C=O) groups is 1. The number of nitrogens with zero attached hydrogens (tertiary/aromatic N) is 1. The van der Waals surface area contributed by atoms with Crippen molar-refractivity contribution in [1.82, 2.24) is 4.90 Å². The van der Waals surface area contributed by atoms with Crippen molar-refractivity contribution in [1.29, 1.82) is 0 Å². The molecule has 0 unspecified atom stereocenters. The van der Waals surface area contributed by atoms with Gasteiger partial charge in [0.15, 0.2) is 0 Å². The van der Waals surface area contributed by atoms with Crippen LogP contribution in [-0.4, -0.2) is 30.0 Å². The van der Waals surface area contributed by atoms with E-state index in [1.807, 2.05) is 6.92 Å². The molecule has 0 fully saturated rings. The first-order valence-electron chi connectivity index (χ1n) is 4.14. The second kappa shape index (κ2) is 4.16. The van der Waals surface area contributed by atoms with Crippen molar-refractivity contribution in [2.45, 2.75) is 6.92 Å². The van der Waals surface area contributed by atoms with Gasteiger partial charge in [0.1, 0.15) is 5.75 Å². The molecule has 4 heteroatoms. The van der Waals surface area contributed by atoms with Gasteiger partial charge in [-0.15, -0.1) is 0 Å². The van der Waals surface area contributed by atoms with E-state index in [2.05, 4.69) is 22.6 Å². The van der Waals surface area contributed by atoms with Crippen LogP contribution < -0.4 is 0 Å². The van der Waals surface area contributed by atoms with Crippen molar-refractivity contribution >= 4 is 28.5 Å². The number of hydrogen-bond donors (Lipinski definition) is 1. The maximum absolute atomic E-state index is 11.6. The van der Waals surface area contributed by atoms with E-state index in [4.69, 9.17) is 0 Å². The Morgan fingerprint density at radius 2 is 2.00 bits per heavy atom. The molecule has 14 heavy (non-hydrogen) atoms. The number of aryl methyl sites for hydroxylation is 1. The van der Waals surface area contributed by atoms with Crippen LogP contribution in [0.15, 0.2) is 12.1 Å². The third-order valence-electron chi connectivity index (χ3n) is 1.91. The minimum Gasteiger partial charge on any atom is -0.507 e. The normalized spacial score (nSPS) is 10.0. The van der Waals surface area contributed by atoms with E-state index in [1.165, 1.54) is 4.90 Å². The van der Waals surface area contributed by atoms with Crippen LogP contribution in [0.2, 0.25) is 0 Å². The lowest BCUT2D eigenvalue weighted by atomic mass is 10.1. The Labute approximate surface area is 96.9 Å². The maximum Gasteiger partial charge on any atom is 0.257 e. The van der Waals surface area contributed by atoms with Gasteiger partial charge in [-0.3, -0.25) is 4.79 Å².